The second-order valence-corrected chi connectivity index (χ2v) is 8.10. The quantitative estimate of drug-likeness (QED) is 0.746. The van der Waals surface area contributed by atoms with Gasteiger partial charge in [-0.3, -0.25) is 9.59 Å². The van der Waals surface area contributed by atoms with E-state index in [0.29, 0.717) is 17.8 Å². The number of ether oxygens (including phenoxy) is 2. The van der Waals surface area contributed by atoms with Crippen LogP contribution in [0.25, 0.3) is 0 Å². The van der Waals surface area contributed by atoms with Crippen LogP contribution in [0.5, 0.6) is 0 Å². The molecule has 0 aromatic carbocycles. The van der Waals surface area contributed by atoms with Crippen LogP contribution in [0.4, 0.5) is 0 Å². The predicted octanol–water partition coefficient (Wildman–Crippen LogP) is 3.44. The second kappa shape index (κ2) is 6.21. The van der Waals surface area contributed by atoms with E-state index in [1.54, 1.807) is 0 Å². The highest BCUT2D eigenvalue weighted by molar-refractivity contribution is 5.89. The van der Waals surface area contributed by atoms with Crippen LogP contribution in [0.2, 0.25) is 0 Å². The molecule has 22 heavy (non-hydrogen) atoms. The summed E-state index contributed by atoms with van der Waals surface area (Å²) in [5.41, 5.74) is -0.349. The third kappa shape index (κ3) is 3.16. The molecule has 2 saturated carbocycles. The van der Waals surface area contributed by atoms with E-state index in [4.69, 9.17) is 9.47 Å². The van der Waals surface area contributed by atoms with Crippen molar-refractivity contribution in [3.8, 4) is 0 Å². The summed E-state index contributed by atoms with van der Waals surface area (Å²) in [5.74, 6) is 0.298. The summed E-state index contributed by atoms with van der Waals surface area (Å²) in [4.78, 5) is 24.4. The summed E-state index contributed by atoms with van der Waals surface area (Å²) in [6, 6.07) is 0. The van der Waals surface area contributed by atoms with Gasteiger partial charge in [0.15, 0.2) is 0 Å². The Morgan fingerprint density at radius 1 is 1.09 bits per heavy atom. The summed E-state index contributed by atoms with van der Waals surface area (Å²) >= 11 is 0. The molecule has 2 fully saturated rings. The first-order valence-corrected chi connectivity index (χ1v) is 8.48. The van der Waals surface area contributed by atoms with Gasteiger partial charge in [0.2, 0.25) is 0 Å². The lowest BCUT2D eigenvalue weighted by Crippen LogP contribution is -2.36. The molecule has 0 aliphatic heterocycles. The largest absolute Gasteiger partial charge is 0.469 e. The number of carbonyl (C=O) groups is 2. The van der Waals surface area contributed by atoms with Gasteiger partial charge in [0, 0.05) is 0 Å². The predicted molar refractivity (Wildman–Crippen MR) is 84.0 cm³/mol. The van der Waals surface area contributed by atoms with Gasteiger partial charge in [-0.1, -0.05) is 41.0 Å². The van der Waals surface area contributed by atoms with Crippen molar-refractivity contribution in [1.82, 2.24) is 0 Å². The summed E-state index contributed by atoms with van der Waals surface area (Å²) in [6.45, 7) is 10.5. The fraction of sp³-hybridized carbons (Fsp3) is 0.889. The van der Waals surface area contributed by atoms with Crippen LogP contribution < -0.4 is 0 Å². The van der Waals surface area contributed by atoms with Crippen LogP contribution in [-0.2, 0) is 19.1 Å². The number of hydrogen-bond donors (Lipinski definition) is 0. The molecule has 0 aromatic heterocycles. The van der Waals surface area contributed by atoms with Crippen LogP contribution in [-0.4, -0.2) is 25.2 Å². The molecule has 5 unspecified atom stereocenters. The van der Waals surface area contributed by atoms with Gasteiger partial charge in [-0.05, 0) is 36.0 Å². The van der Waals surface area contributed by atoms with Gasteiger partial charge >= 0.3 is 11.9 Å². The molecule has 0 amide bonds. The zero-order valence-corrected chi connectivity index (χ0v) is 14.7. The highest BCUT2D eigenvalue weighted by Gasteiger charge is 2.67. The van der Waals surface area contributed by atoms with Crippen LogP contribution in [0.1, 0.15) is 53.9 Å². The topological polar surface area (TPSA) is 52.6 Å². The number of rotatable bonds is 4. The number of methoxy groups -OCH3 is 1. The van der Waals surface area contributed by atoms with Gasteiger partial charge in [-0.25, -0.2) is 0 Å². The van der Waals surface area contributed by atoms with E-state index in [0.717, 1.165) is 12.8 Å². The minimum atomic E-state index is -0.358. The Bertz CT molecular complexity index is 440. The number of carbonyl (C=O) groups excluding carboxylic acids is 2. The zero-order valence-electron chi connectivity index (χ0n) is 14.7. The van der Waals surface area contributed by atoms with Crippen LogP contribution in [0.15, 0.2) is 0 Å². The lowest BCUT2D eigenvalue weighted by molar-refractivity contribution is -0.160. The molecule has 0 spiro atoms. The van der Waals surface area contributed by atoms with Crippen molar-refractivity contribution in [2.75, 3.05) is 7.11 Å². The molecule has 2 aliphatic carbocycles. The van der Waals surface area contributed by atoms with Crippen LogP contribution in [0.3, 0.4) is 0 Å². The third-order valence-electron chi connectivity index (χ3n) is 5.77. The molecule has 0 saturated heterocycles. The molecule has 0 aromatic rings. The van der Waals surface area contributed by atoms with E-state index in [1.807, 2.05) is 13.8 Å². The van der Waals surface area contributed by atoms with Crippen molar-refractivity contribution in [3.05, 3.63) is 0 Å². The van der Waals surface area contributed by atoms with Crippen molar-refractivity contribution in [3.63, 3.8) is 0 Å². The lowest BCUT2D eigenvalue weighted by Gasteiger charge is -2.36. The molecule has 2 rings (SSSR count). The number of esters is 2. The minimum absolute atomic E-state index is 0.00838. The Kier molecular flexibility index (Phi) is 4.88. The van der Waals surface area contributed by atoms with Crippen LogP contribution in [0, 0.1) is 35.0 Å². The Hall–Kier alpha value is -1.06. The third-order valence-corrected chi connectivity index (χ3v) is 5.77. The molecule has 5 atom stereocenters. The maximum absolute atomic E-state index is 12.6. The molecule has 2 aliphatic rings. The molecule has 0 N–H and O–H groups in total. The minimum Gasteiger partial charge on any atom is -0.469 e. The van der Waals surface area contributed by atoms with E-state index in [1.165, 1.54) is 13.5 Å². The van der Waals surface area contributed by atoms with E-state index in [9.17, 15) is 9.59 Å². The van der Waals surface area contributed by atoms with Crippen molar-refractivity contribution < 1.29 is 19.1 Å². The SMILES string of the molecule is COC(=O)C1C(C(=O)OC2CC(C)CCC2C(C)C)C1(C)C. The first kappa shape index (κ1) is 17.3. The lowest BCUT2D eigenvalue weighted by atomic mass is 9.75. The second-order valence-electron chi connectivity index (χ2n) is 8.10. The van der Waals surface area contributed by atoms with Crippen molar-refractivity contribution >= 4 is 11.9 Å². The molecule has 126 valence electrons. The van der Waals surface area contributed by atoms with Gasteiger partial charge in [-0.15, -0.1) is 0 Å². The molecule has 4 heteroatoms. The Morgan fingerprint density at radius 2 is 1.68 bits per heavy atom. The first-order chi connectivity index (χ1) is 10.2. The highest BCUT2D eigenvalue weighted by atomic mass is 16.5. The Balaban J connectivity index is 2.03. The van der Waals surface area contributed by atoms with Crippen molar-refractivity contribution in [2.24, 2.45) is 35.0 Å². The standard InChI is InChI=1S/C18H30O4/c1-10(2)12-8-7-11(3)9-13(12)22-17(20)15-14(16(19)21-6)18(15,4)5/h10-15H,7-9H2,1-6H3. The fourth-order valence-electron chi connectivity index (χ4n) is 4.12. The zero-order chi connectivity index (χ0) is 16.7. The monoisotopic (exact) mass is 310 g/mol. The average Bonchev–Trinajstić information content (AvgIpc) is 3.00. The summed E-state index contributed by atoms with van der Waals surface area (Å²) in [5, 5.41) is 0. The summed E-state index contributed by atoms with van der Waals surface area (Å²) in [7, 11) is 1.37. The number of hydrogen-bond acceptors (Lipinski definition) is 4. The Morgan fingerprint density at radius 3 is 2.23 bits per heavy atom. The van der Waals surface area contributed by atoms with E-state index in [2.05, 4.69) is 20.8 Å². The molecule has 0 radical (unpaired) electrons. The molecule has 0 bridgehead atoms. The summed E-state index contributed by atoms with van der Waals surface area (Å²) < 4.78 is 10.7. The molecular formula is C18H30O4. The maximum Gasteiger partial charge on any atom is 0.310 e. The smallest absolute Gasteiger partial charge is 0.310 e. The highest BCUT2D eigenvalue weighted by Crippen LogP contribution is 2.59. The summed E-state index contributed by atoms with van der Waals surface area (Å²) in [6.07, 6.45) is 3.25. The van der Waals surface area contributed by atoms with E-state index >= 15 is 0 Å². The van der Waals surface area contributed by atoms with Gasteiger partial charge in [-0.2, -0.15) is 0 Å². The normalized spacial score (nSPS) is 36.8. The van der Waals surface area contributed by atoms with E-state index in [-0.39, 0.29) is 35.3 Å². The maximum atomic E-state index is 12.6. The van der Waals surface area contributed by atoms with Crippen molar-refractivity contribution in [2.45, 2.75) is 60.0 Å². The Labute approximate surface area is 133 Å². The van der Waals surface area contributed by atoms with Gasteiger partial charge in [0.25, 0.3) is 0 Å². The molecule has 0 heterocycles. The van der Waals surface area contributed by atoms with Gasteiger partial charge in [0.1, 0.15) is 6.10 Å². The van der Waals surface area contributed by atoms with Gasteiger partial charge in [0.05, 0.1) is 18.9 Å². The molecular weight excluding hydrogens is 280 g/mol. The van der Waals surface area contributed by atoms with Gasteiger partial charge < -0.3 is 9.47 Å². The van der Waals surface area contributed by atoms with Crippen LogP contribution >= 0.6 is 0 Å². The van der Waals surface area contributed by atoms with Crippen molar-refractivity contribution in [1.29, 1.82) is 0 Å². The van der Waals surface area contributed by atoms with E-state index < -0.39 is 0 Å². The first-order valence-electron chi connectivity index (χ1n) is 8.48. The molecule has 4 nitrogen and oxygen atoms in total. The average molecular weight is 310 g/mol. The fourth-order valence-corrected chi connectivity index (χ4v) is 4.12.